The molecule has 1 aliphatic carbocycles. The largest absolute Gasteiger partial charge is 0.336 e. The SMILES string of the molecule is O=C(c1cncc(F)c1)N1CCN([C@H]2CCc3ccccc3C2)CC1. The molecule has 0 spiro atoms. The van der Waals surface area contributed by atoms with E-state index in [4.69, 9.17) is 0 Å². The maximum atomic E-state index is 13.3. The molecule has 1 aromatic carbocycles. The maximum absolute atomic E-state index is 13.3. The lowest BCUT2D eigenvalue weighted by atomic mass is 9.87. The van der Waals surface area contributed by atoms with Crippen LogP contribution in [0.3, 0.4) is 0 Å². The normalized spacial score (nSPS) is 21.0. The Balaban J connectivity index is 1.37. The zero-order chi connectivity index (χ0) is 17.2. The number of piperazine rings is 1. The van der Waals surface area contributed by atoms with Crippen molar-refractivity contribution in [3.05, 3.63) is 65.2 Å². The molecule has 0 N–H and O–H groups in total. The highest BCUT2D eigenvalue weighted by Gasteiger charge is 2.29. The van der Waals surface area contributed by atoms with E-state index in [1.165, 1.54) is 29.8 Å². The number of hydrogen-bond acceptors (Lipinski definition) is 3. The third-order valence-electron chi connectivity index (χ3n) is 5.39. The van der Waals surface area contributed by atoms with Gasteiger partial charge in [0, 0.05) is 38.4 Å². The van der Waals surface area contributed by atoms with Gasteiger partial charge in [0.1, 0.15) is 5.82 Å². The first kappa shape index (κ1) is 16.2. The Morgan fingerprint density at radius 3 is 2.60 bits per heavy atom. The van der Waals surface area contributed by atoms with Crippen LogP contribution in [0, 0.1) is 5.82 Å². The first-order valence-corrected chi connectivity index (χ1v) is 8.91. The molecular formula is C20H22FN3O. The van der Waals surface area contributed by atoms with Crippen LogP contribution >= 0.6 is 0 Å². The molecular weight excluding hydrogens is 317 g/mol. The predicted molar refractivity (Wildman–Crippen MR) is 93.9 cm³/mol. The number of aryl methyl sites for hydroxylation is 1. The minimum Gasteiger partial charge on any atom is -0.336 e. The van der Waals surface area contributed by atoms with Crippen LogP contribution < -0.4 is 0 Å². The van der Waals surface area contributed by atoms with E-state index < -0.39 is 5.82 Å². The summed E-state index contributed by atoms with van der Waals surface area (Å²) < 4.78 is 13.3. The maximum Gasteiger partial charge on any atom is 0.255 e. The van der Waals surface area contributed by atoms with Gasteiger partial charge in [-0.05, 0) is 36.5 Å². The van der Waals surface area contributed by atoms with E-state index in [-0.39, 0.29) is 5.91 Å². The summed E-state index contributed by atoms with van der Waals surface area (Å²) in [6.45, 7) is 3.13. The molecule has 5 heteroatoms. The summed E-state index contributed by atoms with van der Waals surface area (Å²) in [5, 5.41) is 0. The number of benzene rings is 1. The number of carbonyl (C=O) groups is 1. The number of hydrogen-bond donors (Lipinski definition) is 0. The van der Waals surface area contributed by atoms with Crippen molar-refractivity contribution in [1.82, 2.24) is 14.8 Å². The van der Waals surface area contributed by atoms with E-state index >= 15 is 0 Å². The number of rotatable bonds is 2. The minimum absolute atomic E-state index is 0.124. The number of halogens is 1. The van der Waals surface area contributed by atoms with Gasteiger partial charge in [-0.2, -0.15) is 0 Å². The Labute approximate surface area is 147 Å². The molecule has 1 aromatic heterocycles. The highest BCUT2D eigenvalue weighted by atomic mass is 19.1. The molecule has 0 radical (unpaired) electrons. The second-order valence-corrected chi connectivity index (χ2v) is 6.89. The number of aromatic nitrogens is 1. The van der Waals surface area contributed by atoms with E-state index in [1.807, 2.05) is 4.90 Å². The average molecular weight is 339 g/mol. The van der Waals surface area contributed by atoms with Gasteiger partial charge in [0.05, 0.1) is 11.8 Å². The number of amides is 1. The third-order valence-corrected chi connectivity index (χ3v) is 5.39. The Bertz CT molecular complexity index is 771. The lowest BCUT2D eigenvalue weighted by Crippen LogP contribution is -2.53. The minimum atomic E-state index is -0.467. The van der Waals surface area contributed by atoms with Crippen molar-refractivity contribution in [3.8, 4) is 0 Å². The molecule has 25 heavy (non-hydrogen) atoms. The van der Waals surface area contributed by atoms with Gasteiger partial charge in [-0.3, -0.25) is 14.7 Å². The van der Waals surface area contributed by atoms with Crippen LogP contribution in [0.5, 0.6) is 0 Å². The standard InChI is InChI=1S/C20H22FN3O/c21-18-11-17(13-22-14-18)20(25)24-9-7-23(8-10-24)19-6-5-15-3-1-2-4-16(15)12-19/h1-4,11,13-14,19H,5-10,12H2/t19-/m0/s1. The molecule has 4 rings (SSSR count). The van der Waals surface area contributed by atoms with Crippen molar-refractivity contribution in [1.29, 1.82) is 0 Å². The van der Waals surface area contributed by atoms with Gasteiger partial charge in [-0.15, -0.1) is 0 Å². The lowest BCUT2D eigenvalue weighted by molar-refractivity contribution is 0.0552. The molecule has 0 saturated carbocycles. The van der Waals surface area contributed by atoms with Gasteiger partial charge in [0.2, 0.25) is 0 Å². The summed E-state index contributed by atoms with van der Waals surface area (Å²) in [4.78, 5) is 20.6. The summed E-state index contributed by atoms with van der Waals surface area (Å²) in [5.74, 6) is -0.592. The number of pyridine rings is 1. The van der Waals surface area contributed by atoms with Crippen molar-refractivity contribution in [2.24, 2.45) is 0 Å². The Kier molecular flexibility index (Phi) is 4.49. The summed E-state index contributed by atoms with van der Waals surface area (Å²) in [7, 11) is 0. The van der Waals surface area contributed by atoms with Crippen LogP contribution in [0.1, 0.15) is 27.9 Å². The zero-order valence-corrected chi connectivity index (χ0v) is 14.2. The zero-order valence-electron chi connectivity index (χ0n) is 14.2. The third kappa shape index (κ3) is 3.42. The van der Waals surface area contributed by atoms with Crippen molar-refractivity contribution in [2.45, 2.75) is 25.3 Å². The summed E-state index contributed by atoms with van der Waals surface area (Å²) in [6, 6.07) is 10.5. The molecule has 1 saturated heterocycles. The molecule has 130 valence electrons. The topological polar surface area (TPSA) is 36.4 Å². The molecule has 2 heterocycles. The van der Waals surface area contributed by atoms with Gasteiger partial charge in [-0.1, -0.05) is 24.3 Å². The fraction of sp³-hybridized carbons (Fsp3) is 0.400. The first-order chi connectivity index (χ1) is 12.2. The van der Waals surface area contributed by atoms with Crippen LogP contribution in [0.4, 0.5) is 4.39 Å². The number of carbonyl (C=O) groups excluding carboxylic acids is 1. The smallest absolute Gasteiger partial charge is 0.255 e. The van der Waals surface area contributed by atoms with E-state index in [9.17, 15) is 9.18 Å². The average Bonchev–Trinajstić information content (AvgIpc) is 2.67. The predicted octanol–water partition coefficient (Wildman–Crippen LogP) is 2.54. The van der Waals surface area contributed by atoms with Gasteiger partial charge < -0.3 is 4.90 Å². The van der Waals surface area contributed by atoms with Crippen molar-refractivity contribution in [3.63, 3.8) is 0 Å². The summed E-state index contributed by atoms with van der Waals surface area (Å²) in [6.07, 6.45) is 5.97. The molecule has 2 aromatic rings. The molecule has 1 amide bonds. The Morgan fingerprint density at radius 2 is 1.84 bits per heavy atom. The Hall–Kier alpha value is -2.27. The molecule has 1 atom stereocenters. The van der Waals surface area contributed by atoms with Crippen molar-refractivity contribution < 1.29 is 9.18 Å². The molecule has 4 nitrogen and oxygen atoms in total. The molecule has 1 aliphatic heterocycles. The fourth-order valence-corrected chi connectivity index (χ4v) is 3.99. The summed E-state index contributed by atoms with van der Waals surface area (Å²) in [5.41, 5.74) is 3.27. The van der Waals surface area contributed by atoms with E-state index in [2.05, 4.69) is 34.1 Å². The van der Waals surface area contributed by atoms with Crippen LogP contribution in [-0.2, 0) is 12.8 Å². The second kappa shape index (κ2) is 6.92. The van der Waals surface area contributed by atoms with Crippen molar-refractivity contribution >= 4 is 5.91 Å². The van der Waals surface area contributed by atoms with Gasteiger partial charge in [0.25, 0.3) is 5.91 Å². The van der Waals surface area contributed by atoms with E-state index in [0.29, 0.717) is 24.7 Å². The van der Waals surface area contributed by atoms with Crippen LogP contribution in [0.25, 0.3) is 0 Å². The van der Waals surface area contributed by atoms with Gasteiger partial charge >= 0.3 is 0 Å². The lowest BCUT2D eigenvalue weighted by Gasteiger charge is -2.41. The van der Waals surface area contributed by atoms with Crippen LogP contribution in [0.2, 0.25) is 0 Å². The van der Waals surface area contributed by atoms with Crippen LogP contribution in [-0.4, -0.2) is 52.9 Å². The molecule has 0 bridgehead atoms. The van der Waals surface area contributed by atoms with Gasteiger partial charge in [-0.25, -0.2) is 4.39 Å². The van der Waals surface area contributed by atoms with Crippen molar-refractivity contribution in [2.75, 3.05) is 26.2 Å². The highest BCUT2D eigenvalue weighted by molar-refractivity contribution is 5.94. The van der Waals surface area contributed by atoms with E-state index in [1.54, 1.807) is 0 Å². The molecule has 1 fully saturated rings. The molecule has 0 unspecified atom stereocenters. The number of fused-ring (bicyclic) bond motifs is 1. The van der Waals surface area contributed by atoms with Gasteiger partial charge in [0.15, 0.2) is 0 Å². The fourth-order valence-electron chi connectivity index (χ4n) is 3.99. The quantitative estimate of drug-likeness (QED) is 0.844. The monoisotopic (exact) mass is 339 g/mol. The second-order valence-electron chi connectivity index (χ2n) is 6.89. The highest BCUT2D eigenvalue weighted by Crippen LogP contribution is 2.25. The number of nitrogens with zero attached hydrogens (tertiary/aromatic N) is 3. The van der Waals surface area contributed by atoms with Crippen LogP contribution in [0.15, 0.2) is 42.7 Å². The molecule has 2 aliphatic rings. The first-order valence-electron chi connectivity index (χ1n) is 8.91. The van der Waals surface area contributed by atoms with E-state index in [0.717, 1.165) is 32.1 Å². The summed E-state index contributed by atoms with van der Waals surface area (Å²) >= 11 is 0. The Morgan fingerprint density at radius 1 is 1.08 bits per heavy atom.